The number of hydrogen-bond acceptors (Lipinski definition) is 3. The Hall–Kier alpha value is -1.25. The van der Waals surface area contributed by atoms with Crippen molar-refractivity contribution in [1.29, 1.82) is 5.26 Å². The van der Waals surface area contributed by atoms with Crippen molar-refractivity contribution in [3.8, 4) is 6.07 Å². The number of nitrogens with zero attached hydrogens (tertiary/aromatic N) is 2. The highest BCUT2D eigenvalue weighted by atomic mass is 35.5. The van der Waals surface area contributed by atoms with Crippen LogP contribution in [0.25, 0.3) is 0 Å². The van der Waals surface area contributed by atoms with Crippen molar-refractivity contribution in [2.24, 2.45) is 5.73 Å². The Labute approximate surface area is 84.1 Å². The van der Waals surface area contributed by atoms with E-state index in [-0.39, 0.29) is 22.7 Å². The average molecular weight is 218 g/mol. The molecule has 0 amide bonds. The second-order valence-electron chi connectivity index (χ2n) is 2.47. The van der Waals surface area contributed by atoms with Gasteiger partial charge in [0.2, 0.25) is 0 Å². The lowest BCUT2D eigenvalue weighted by Crippen LogP contribution is -2.05. The molecule has 0 aromatic carbocycles. The molecule has 1 rings (SSSR count). The molecule has 0 saturated carbocycles. The lowest BCUT2D eigenvalue weighted by atomic mass is 10.1. The van der Waals surface area contributed by atoms with Crippen LogP contribution < -0.4 is 5.73 Å². The van der Waals surface area contributed by atoms with E-state index in [4.69, 9.17) is 22.6 Å². The van der Waals surface area contributed by atoms with Crippen LogP contribution in [-0.4, -0.2) is 4.98 Å². The van der Waals surface area contributed by atoms with Crippen molar-refractivity contribution in [1.82, 2.24) is 4.98 Å². The van der Waals surface area contributed by atoms with Gasteiger partial charge in [-0.2, -0.15) is 5.26 Å². The number of hydrogen-bond donors (Lipinski definition) is 1. The van der Waals surface area contributed by atoms with Crippen LogP contribution in [0.1, 0.15) is 23.2 Å². The highest BCUT2D eigenvalue weighted by Crippen LogP contribution is 2.29. The summed E-state index contributed by atoms with van der Waals surface area (Å²) in [5.41, 5.74) is 5.09. The molecule has 0 atom stereocenters. The van der Waals surface area contributed by atoms with Crippen molar-refractivity contribution < 1.29 is 8.78 Å². The van der Waals surface area contributed by atoms with E-state index >= 15 is 0 Å². The molecule has 1 aromatic heterocycles. The van der Waals surface area contributed by atoms with Crippen LogP contribution in [-0.2, 0) is 6.54 Å². The second kappa shape index (κ2) is 4.31. The summed E-state index contributed by atoms with van der Waals surface area (Å²) in [7, 11) is 0. The van der Waals surface area contributed by atoms with Gasteiger partial charge >= 0.3 is 0 Å². The third kappa shape index (κ3) is 1.81. The minimum absolute atomic E-state index is 0.0655. The molecule has 0 aliphatic carbocycles. The van der Waals surface area contributed by atoms with Gasteiger partial charge in [-0.25, -0.2) is 8.78 Å². The molecule has 0 spiro atoms. The normalized spacial score (nSPS) is 10.3. The number of nitrogens with two attached hydrogens (primary N) is 1. The monoisotopic (exact) mass is 217 g/mol. The Balaban J connectivity index is 3.37. The summed E-state index contributed by atoms with van der Waals surface area (Å²) in [6.07, 6.45) is -1.71. The van der Waals surface area contributed by atoms with Gasteiger partial charge in [-0.1, -0.05) is 11.6 Å². The lowest BCUT2D eigenvalue weighted by Gasteiger charge is -2.07. The Bertz CT molecular complexity index is 387. The van der Waals surface area contributed by atoms with Crippen LogP contribution in [0, 0.1) is 11.3 Å². The molecule has 0 aliphatic rings. The molecule has 0 bridgehead atoms. The minimum atomic E-state index is -2.76. The lowest BCUT2D eigenvalue weighted by molar-refractivity contribution is 0.146. The van der Waals surface area contributed by atoms with Crippen LogP contribution in [0.15, 0.2) is 6.20 Å². The molecule has 1 aromatic rings. The minimum Gasteiger partial charge on any atom is -0.326 e. The maximum Gasteiger partial charge on any atom is 0.281 e. The molecule has 0 saturated heterocycles. The number of rotatable bonds is 2. The molecule has 6 heteroatoms. The van der Waals surface area contributed by atoms with Crippen molar-refractivity contribution in [3.63, 3.8) is 0 Å². The summed E-state index contributed by atoms with van der Waals surface area (Å²) in [6, 6.07) is 1.78. The van der Waals surface area contributed by atoms with Crippen LogP contribution in [0.4, 0.5) is 8.78 Å². The van der Waals surface area contributed by atoms with E-state index in [0.717, 1.165) is 6.20 Å². The number of alkyl halides is 2. The molecular weight excluding hydrogens is 212 g/mol. The summed E-state index contributed by atoms with van der Waals surface area (Å²) in [6.45, 7) is -0.0655. The Morgan fingerprint density at radius 2 is 2.29 bits per heavy atom. The number of halogens is 3. The first kappa shape index (κ1) is 10.8. The molecule has 1 heterocycles. The number of aromatic nitrogens is 1. The van der Waals surface area contributed by atoms with Gasteiger partial charge < -0.3 is 5.73 Å². The van der Waals surface area contributed by atoms with E-state index in [1.165, 1.54) is 0 Å². The molecular formula is C8H6ClF2N3. The zero-order chi connectivity index (χ0) is 10.7. The largest absolute Gasteiger partial charge is 0.326 e. The van der Waals surface area contributed by atoms with Crippen molar-refractivity contribution in [2.45, 2.75) is 13.0 Å². The number of nitriles is 1. The van der Waals surface area contributed by atoms with Crippen LogP contribution in [0.3, 0.4) is 0 Å². The summed E-state index contributed by atoms with van der Waals surface area (Å²) < 4.78 is 24.6. The van der Waals surface area contributed by atoms with Gasteiger partial charge in [-0.05, 0) is 0 Å². The van der Waals surface area contributed by atoms with Gasteiger partial charge in [0.15, 0.2) is 0 Å². The average Bonchev–Trinajstić information content (AvgIpc) is 2.16. The van der Waals surface area contributed by atoms with Crippen molar-refractivity contribution in [2.75, 3.05) is 0 Å². The van der Waals surface area contributed by atoms with Crippen LogP contribution in [0.5, 0.6) is 0 Å². The van der Waals surface area contributed by atoms with E-state index in [0.29, 0.717) is 0 Å². The van der Waals surface area contributed by atoms with Crippen LogP contribution >= 0.6 is 11.6 Å². The van der Waals surface area contributed by atoms with Gasteiger partial charge in [-0.3, -0.25) is 4.98 Å². The highest BCUT2D eigenvalue weighted by molar-refractivity contribution is 6.32. The molecule has 14 heavy (non-hydrogen) atoms. The van der Waals surface area contributed by atoms with E-state index < -0.39 is 12.1 Å². The molecule has 74 valence electrons. The molecule has 0 radical (unpaired) electrons. The molecule has 0 aliphatic heterocycles. The Kier molecular flexibility index (Phi) is 3.33. The first-order valence-corrected chi connectivity index (χ1v) is 4.05. The fraction of sp³-hybridized carbons (Fsp3) is 0.250. The smallest absolute Gasteiger partial charge is 0.281 e. The van der Waals surface area contributed by atoms with E-state index in [1.807, 2.05) is 0 Å². The van der Waals surface area contributed by atoms with E-state index in [2.05, 4.69) is 4.98 Å². The topological polar surface area (TPSA) is 62.7 Å². The first-order valence-electron chi connectivity index (χ1n) is 3.67. The molecule has 2 N–H and O–H groups in total. The van der Waals surface area contributed by atoms with Gasteiger partial charge in [-0.15, -0.1) is 0 Å². The fourth-order valence-corrected chi connectivity index (χ4v) is 1.30. The summed E-state index contributed by atoms with van der Waals surface area (Å²) >= 11 is 5.61. The van der Waals surface area contributed by atoms with Gasteiger partial charge in [0.25, 0.3) is 6.43 Å². The van der Waals surface area contributed by atoms with Crippen LogP contribution in [0.2, 0.25) is 5.02 Å². The van der Waals surface area contributed by atoms with Crippen molar-refractivity contribution in [3.05, 3.63) is 28.0 Å². The number of pyridine rings is 1. The predicted molar refractivity (Wildman–Crippen MR) is 46.8 cm³/mol. The Morgan fingerprint density at radius 1 is 1.64 bits per heavy atom. The zero-order valence-electron chi connectivity index (χ0n) is 6.97. The second-order valence-corrected chi connectivity index (χ2v) is 2.84. The van der Waals surface area contributed by atoms with Gasteiger partial charge in [0, 0.05) is 18.3 Å². The Morgan fingerprint density at radius 3 is 2.71 bits per heavy atom. The summed E-state index contributed by atoms with van der Waals surface area (Å²) in [5.74, 6) is 0. The van der Waals surface area contributed by atoms with Crippen molar-refractivity contribution >= 4 is 11.6 Å². The fourth-order valence-electron chi connectivity index (χ4n) is 0.990. The summed E-state index contributed by atoms with van der Waals surface area (Å²) in [4.78, 5) is 3.40. The highest BCUT2D eigenvalue weighted by Gasteiger charge is 2.18. The molecule has 0 fully saturated rings. The van der Waals surface area contributed by atoms with Gasteiger partial charge in [0.05, 0.1) is 10.6 Å². The SMILES string of the molecule is N#Cc1cnc(C(F)F)c(Cl)c1CN. The first-order chi connectivity index (χ1) is 6.61. The quantitative estimate of drug-likeness (QED) is 0.824. The summed E-state index contributed by atoms with van der Waals surface area (Å²) in [5, 5.41) is 8.39. The maximum atomic E-state index is 12.3. The standard InChI is InChI=1S/C8H6ClF2N3/c9-6-5(2-13)4(1-12)3-14-7(6)8(10)11/h3,8H,2,13H2. The van der Waals surface area contributed by atoms with E-state index in [1.54, 1.807) is 6.07 Å². The molecule has 3 nitrogen and oxygen atoms in total. The van der Waals surface area contributed by atoms with Gasteiger partial charge in [0.1, 0.15) is 11.8 Å². The predicted octanol–water partition coefficient (Wildman–Crippen LogP) is 2.00. The van der Waals surface area contributed by atoms with E-state index in [9.17, 15) is 8.78 Å². The third-order valence-electron chi connectivity index (χ3n) is 1.68. The zero-order valence-corrected chi connectivity index (χ0v) is 7.72. The maximum absolute atomic E-state index is 12.3. The molecule has 0 unspecified atom stereocenters. The third-order valence-corrected chi connectivity index (χ3v) is 2.10.